The van der Waals surface area contributed by atoms with Crippen molar-refractivity contribution in [2.45, 2.75) is 13.5 Å². The van der Waals surface area contributed by atoms with Crippen LogP contribution in [0.5, 0.6) is 0 Å². The van der Waals surface area contributed by atoms with E-state index in [1.54, 1.807) is 6.20 Å². The predicted octanol–water partition coefficient (Wildman–Crippen LogP) is 1.31. The highest BCUT2D eigenvalue weighted by Gasteiger charge is 2.07. The Morgan fingerprint density at radius 3 is 3.06 bits per heavy atom. The molecule has 0 aliphatic carbocycles. The standard InChI is InChI=1S/C11H11N3O2/c1-8-6-9(2-4-12-8)7-13-11(15)10-3-5-16-14-10/h2-6H,7H2,1H3,(H,13,15). The van der Waals surface area contributed by atoms with Gasteiger partial charge in [-0.1, -0.05) is 5.16 Å². The first-order valence-corrected chi connectivity index (χ1v) is 4.86. The Bertz CT molecular complexity index is 480. The molecule has 0 fully saturated rings. The van der Waals surface area contributed by atoms with Gasteiger partial charge in [0.05, 0.1) is 0 Å². The van der Waals surface area contributed by atoms with E-state index in [1.165, 1.54) is 12.3 Å². The number of aromatic nitrogens is 2. The molecule has 0 radical (unpaired) electrons. The fourth-order valence-electron chi connectivity index (χ4n) is 1.32. The largest absolute Gasteiger partial charge is 0.364 e. The van der Waals surface area contributed by atoms with Gasteiger partial charge in [-0.3, -0.25) is 9.78 Å². The molecule has 82 valence electrons. The Hall–Kier alpha value is -2.17. The third-order valence-electron chi connectivity index (χ3n) is 2.08. The smallest absolute Gasteiger partial charge is 0.273 e. The summed E-state index contributed by atoms with van der Waals surface area (Å²) in [4.78, 5) is 15.6. The molecule has 0 atom stereocenters. The topological polar surface area (TPSA) is 68.0 Å². The minimum atomic E-state index is -0.247. The summed E-state index contributed by atoms with van der Waals surface area (Å²) in [6, 6.07) is 5.30. The first-order chi connectivity index (χ1) is 7.75. The number of hydrogen-bond donors (Lipinski definition) is 1. The summed E-state index contributed by atoms with van der Waals surface area (Å²) in [6.07, 6.45) is 3.08. The molecule has 5 nitrogen and oxygen atoms in total. The second-order valence-corrected chi connectivity index (χ2v) is 3.37. The number of carbonyl (C=O) groups excluding carboxylic acids is 1. The Morgan fingerprint density at radius 1 is 1.50 bits per heavy atom. The van der Waals surface area contributed by atoms with Gasteiger partial charge >= 0.3 is 0 Å². The van der Waals surface area contributed by atoms with Crippen molar-refractivity contribution in [2.24, 2.45) is 0 Å². The van der Waals surface area contributed by atoms with Crippen molar-refractivity contribution in [3.8, 4) is 0 Å². The van der Waals surface area contributed by atoms with E-state index in [4.69, 9.17) is 0 Å². The Balaban J connectivity index is 1.95. The average molecular weight is 217 g/mol. The van der Waals surface area contributed by atoms with Crippen molar-refractivity contribution in [1.29, 1.82) is 0 Å². The molecule has 0 bridgehead atoms. The van der Waals surface area contributed by atoms with Crippen LogP contribution in [0.3, 0.4) is 0 Å². The second kappa shape index (κ2) is 4.57. The van der Waals surface area contributed by atoms with Gasteiger partial charge < -0.3 is 9.84 Å². The molecule has 0 aromatic carbocycles. The molecule has 1 amide bonds. The first kappa shape index (κ1) is 10.4. The monoisotopic (exact) mass is 217 g/mol. The molecule has 0 aliphatic rings. The lowest BCUT2D eigenvalue weighted by atomic mass is 10.2. The molecule has 5 heteroatoms. The van der Waals surface area contributed by atoms with Crippen LogP contribution < -0.4 is 5.32 Å². The van der Waals surface area contributed by atoms with Crippen LogP contribution in [0.15, 0.2) is 35.2 Å². The van der Waals surface area contributed by atoms with Crippen LogP contribution in [-0.2, 0) is 6.54 Å². The number of pyridine rings is 1. The average Bonchev–Trinajstić information content (AvgIpc) is 2.79. The number of aryl methyl sites for hydroxylation is 1. The zero-order chi connectivity index (χ0) is 11.4. The summed E-state index contributed by atoms with van der Waals surface area (Å²) in [5, 5.41) is 6.29. The molecule has 1 N–H and O–H groups in total. The zero-order valence-corrected chi connectivity index (χ0v) is 8.80. The fourth-order valence-corrected chi connectivity index (χ4v) is 1.32. The summed E-state index contributed by atoms with van der Waals surface area (Å²) in [6.45, 7) is 2.36. The third-order valence-corrected chi connectivity index (χ3v) is 2.08. The maximum absolute atomic E-state index is 11.5. The van der Waals surface area contributed by atoms with Crippen molar-refractivity contribution in [3.05, 3.63) is 47.6 Å². The SMILES string of the molecule is Cc1cc(CNC(=O)c2ccon2)ccn1. The number of rotatable bonds is 3. The van der Waals surface area contributed by atoms with Gasteiger partial charge in [0.15, 0.2) is 5.69 Å². The summed E-state index contributed by atoms with van der Waals surface area (Å²) in [7, 11) is 0. The van der Waals surface area contributed by atoms with Crippen LogP contribution in [0.25, 0.3) is 0 Å². The highest BCUT2D eigenvalue weighted by Crippen LogP contribution is 2.01. The Labute approximate surface area is 92.5 Å². The molecule has 0 saturated carbocycles. The molecule has 0 saturated heterocycles. The van der Waals surface area contributed by atoms with Crippen molar-refractivity contribution in [2.75, 3.05) is 0 Å². The van der Waals surface area contributed by atoms with Crippen molar-refractivity contribution >= 4 is 5.91 Å². The summed E-state index contributed by atoms with van der Waals surface area (Å²) in [5.74, 6) is -0.247. The molecule has 2 aromatic rings. The maximum Gasteiger partial charge on any atom is 0.273 e. The normalized spacial score (nSPS) is 10.1. The van der Waals surface area contributed by atoms with Gasteiger partial charge in [0.25, 0.3) is 5.91 Å². The molecule has 2 heterocycles. The first-order valence-electron chi connectivity index (χ1n) is 4.86. The molecule has 2 rings (SSSR count). The van der Waals surface area contributed by atoms with Gasteiger partial charge in [0.1, 0.15) is 6.26 Å². The van der Waals surface area contributed by atoms with E-state index in [1.807, 2.05) is 19.1 Å². The van der Waals surface area contributed by atoms with Gasteiger partial charge in [-0.25, -0.2) is 0 Å². The third kappa shape index (κ3) is 2.44. The van der Waals surface area contributed by atoms with E-state index in [0.29, 0.717) is 6.54 Å². The Kier molecular flexibility index (Phi) is 2.95. The highest BCUT2D eigenvalue weighted by atomic mass is 16.5. The van der Waals surface area contributed by atoms with Crippen LogP contribution in [0.2, 0.25) is 0 Å². The van der Waals surface area contributed by atoms with Gasteiger partial charge in [-0.2, -0.15) is 0 Å². The van der Waals surface area contributed by atoms with E-state index in [-0.39, 0.29) is 11.6 Å². The van der Waals surface area contributed by atoms with Gasteiger partial charge in [0.2, 0.25) is 0 Å². The lowest BCUT2D eigenvalue weighted by Gasteiger charge is -2.03. The van der Waals surface area contributed by atoms with E-state index in [9.17, 15) is 4.79 Å². The lowest BCUT2D eigenvalue weighted by molar-refractivity contribution is 0.0942. The highest BCUT2D eigenvalue weighted by molar-refractivity contribution is 5.91. The predicted molar refractivity (Wildman–Crippen MR) is 56.6 cm³/mol. The van der Waals surface area contributed by atoms with E-state index in [2.05, 4.69) is 20.0 Å². The van der Waals surface area contributed by atoms with Crippen molar-refractivity contribution in [1.82, 2.24) is 15.5 Å². The molecule has 16 heavy (non-hydrogen) atoms. The van der Waals surface area contributed by atoms with E-state index < -0.39 is 0 Å². The molecule has 0 spiro atoms. The number of carbonyl (C=O) groups is 1. The van der Waals surface area contributed by atoms with E-state index >= 15 is 0 Å². The zero-order valence-electron chi connectivity index (χ0n) is 8.80. The Morgan fingerprint density at radius 2 is 2.38 bits per heavy atom. The quantitative estimate of drug-likeness (QED) is 0.841. The van der Waals surface area contributed by atoms with Gasteiger partial charge in [-0.15, -0.1) is 0 Å². The fraction of sp³-hybridized carbons (Fsp3) is 0.182. The van der Waals surface area contributed by atoms with Crippen LogP contribution in [0, 0.1) is 6.92 Å². The molecule has 0 unspecified atom stereocenters. The number of hydrogen-bond acceptors (Lipinski definition) is 4. The van der Waals surface area contributed by atoms with Crippen molar-refractivity contribution in [3.63, 3.8) is 0 Å². The molecular weight excluding hydrogens is 206 g/mol. The molecule has 0 aliphatic heterocycles. The molecule has 2 aromatic heterocycles. The van der Waals surface area contributed by atoms with Crippen molar-refractivity contribution < 1.29 is 9.32 Å². The van der Waals surface area contributed by atoms with Crippen LogP contribution in [-0.4, -0.2) is 16.0 Å². The number of amides is 1. The van der Waals surface area contributed by atoms with Crippen LogP contribution in [0.1, 0.15) is 21.7 Å². The van der Waals surface area contributed by atoms with Crippen LogP contribution in [0.4, 0.5) is 0 Å². The van der Waals surface area contributed by atoms with E-state index in [0.717, 1.165) is 11.3 Å². The summed E-state index contributed by atoms with van der Waals surface area (Å²) < 4.78 is 4.59. The summed E-state index contributed by atoms with van der Waals surface area (Å²) >= 11 is 0. The lowest BCUT2D eigenvalue weighted by Crippen LogP contribution is -2.23. The maximum atomic E-state index is 11.5. The summed E-state index contributed by atoms with van der Waals surface area (Å²) in [5.41, 5.74) is 2.21. The van der Waals surface area contributed by atoms with Gasteiger partial charge in [0, 0.05) is 24.5 Å². The number of nitrogens with zero attached hydrogens (tertiary/aromatic N) is 2. The second-order valence-electron chi connectivity index (χ2n) is 3.37. The van der Waals surface area contributed by atoms with Crippen LogP contribution >= 0.6 is 0 Å². The number of nitrogens with one attached hydrogen (secondary N) is 1. The minimum Gasteiger partial charge on any atom is -0.364 e. The van der Waals surface area contributed by atoms with Gasteiger partial charge in [-0.05, 0) is 24.6 Å². The molecular formula is C11H11N3O2. The minimum absolute atomic E-state index is 0.247.